The monoisotopic (exact) mass is 328 g/mol. The predicted molar refractivity (Wildman–Crippen MR) is 79.9 cm³/mol. The van der Waals surface area contributed by atoms with Crippen LogP contribution in [0.5, 0.6) is 0 Å². The van der Waals surface area contributed by atoms with E-state index in [0.29, 0.717) is 5.92 Å². The molecule has 0 aliphatic carbocycles. The van der Waals surface area contributed by atoms with E-state index in [0.717, 1.165) is 6.42 Å². The molecule has 0 aliphatic rings. The van der Waals surface area contributed by atoms with Gasteiger partial charge in [-0.3, -0.25) is 0 Å². The molecule has 0 N–H and O–H groups in total. The van der Waals surface area contributed by atoms with Gasteiger partial charge in [0.25, 0.3) is 0 Å². The second-order valence-electron chi connectivity index (χ2n) is 4.20. The molecule has 1 aromatic heterocycles. The lowest BCUT2D eigenvalue weighted by Crippen LogP contribution is -2.06. The standard InChI is InChI=1S/C14H14BrClS/c1-10(9-12-7-8-13(15)17-12)14(16)11-5-3-2-4-6-11/h2-8,10,14H,9H2,1H3. The lowest BCUT2D eigenvalue weighted by atomic mass is 9.97. The first-order chi connectivity index (χ1) is 8.16. The number of hydrogen-bond acceptors (Lipinski definition) is 1. The van der Waals surface area contributed by atoms with Crippen LogP contribution < -0.4 is 0 Å². The van der Waals surface area contributed by atoms with Crippen LogP contribution in [0, 0.1) is 5.92 Å². The molecule has 0 nitrogen and oxygen atoms in total. The topological polar surface area (TPSA) is 0 Å². The summed E-state index contributed by atoms with van der Waals surface area (Å²) in [6.07, 6.45) is 1.03. The summed E-state index contributed by atoms with van der Waals surface area (Å²) < 4.78 is 1.19. The first-order valence-electron chi connectivity index (χ1n) is 5.60. The van der Waals surface area contributed by atoms with Crippen LogP contribution in [0.15, 0.2) is 46.3 Å². The molecule has 0 spiro atoms. The van der Waals surface area contributed by atoms with E-state index in [9.17, 15) is 0 Å². The van der Waals surface area contributed by atoms with E-state index >= 15 is 0 Å². The van der Waals surface area contributed by atoms with Crippen molar-refractivity contribution >= 4 is 38.9 Å². The molecule has 0 radical (unpaired) electrons. The maximum Gasteiger partial charge on any atom is 0.0701 e. The fourth-order valence-electron chi connectivity index (χ4n) is 1.85. The Kier molecular flexibility index (Phi) is 4.66. The van der Waals surface area contributed by atoms with Gasteiger partial charge in [-0.15, -0.1) is 22.9 Å². The summed E-state index contributed by atoms with van der Waals surface area (Å²) in [5, 5.41) is 0.0806. The Labute approximate surface area is 120 Å². The Morgan fingerprint density at radius 1 is 1.18 bits per heavy atom. The molecule has 0 saturated carbocycles. The Morgan fingerprint density at radius 3 is 2.47 bits per heavy atom. The average Bonchev–Trinajstić information content (AvgIpc) is 2.75. The predicted octanol–water partition coefficient (Wildman–Crippen LogP) is 5.67. The first kappa shape index (κ1) is 13.1. The molecule has 1 heterocycles. The molecule has 2 unspecified atom stereocenters. The van der Waals surface area contributed by atoms with Crippen molar-refractivity contribution in [1.29, 1.82) is 0 Å². The fraction of sp³-hybridized carbons (Fsp3) is 0.286. The lowest BCUT2D eigenvalue weighted by molar-refractivity contribution is 0.563. The minimum absolute atomic E-state index is 0.0806. The van der Waals surface area contributed by atoms with Crippen LogP contribution in [-0.2, 0) is 6.42 Å². The molecule has 90 valence electrons. The van der Waals surface area contributed by atoms with Gasteiger partial charge in [0.1, 0.15) is 0 Å². The third kappa shape index (κ3) is 3.57. The largest absolute Gasteiger partial charge is 0.133 e. The summed E-state index contributed by atoms with van der Waals surface area (Å²) in [6, 6.07) is 14.6. The van der Waals surface area contributed by atoms with Crippen molar-refractivity contribution < 1.29 is 0 Å². The van der Waals surface area contributed by atoms with Crippen LogP contribution in [0.2, 0.25) is 0 Å². The molecular weight excluding hydrogens is 316 g/mol. The van der Waals surface area contributed by atoms with Crippen LogP contribution in [0.25, 0.3) is 0 Å². The maximum absolute atomic E-state index is 6.51. The van der Waals surface area contributed by atoms with E-state index in [1.807, 2.05) is 18.2 Å². The van der Waals surface area contributed by atoms with Crippen LogP contribution in [0.1, 0.15) is 22.7 Å². The molecule has 0 fully saturated rings. The van der Waals surface area contributed by atoms with Gasteiger partial charge in [0.2, 0.25) is 0 Å². The fourth-order valence-corrected chi connectivity index (χ4v) is 3.71. The highest BCUT2D eigenvalue weighted by atomic mass is 79.9. The van der Waals surface area contributed by atoms with E-state index in [4.69, 9.17) is 11.6 Å². The first-order valence-corrected chi connectivity index (χ1v) is 7.64. The van der Waals surface area contributed by atoms with Crippen LogP contribution >= 0.6 is 38.9 Å². The minimum atomic E-state index is 0.0806. The van der Waals surface area contributed by atoms with Crippen molar-refractivity contribution in [3.63, 3.8) is 0 Å². The summed E-state index contributed by atoms with van der Waals surface area (Å²) in [5.41, 5.74) is 1.21. The van der Waals surface area contributed by atoms with Crippen molar-refractivity contribution in [3.05, 3.63) is 56.7 Å². The molecule has 2 rings (SSSR count). The van der Waals surface area contributed by atoms with Crippen molar-refractivity contribution in [2.75, 3.05) is 0 Å². The summed E-state index contributed by atoms with van der Waals surface area (Å²) in [7, 11) is 0. The molecule has 0 bridgehead atoms. The number of thiophene rings is 1. The molecule has 0 aliphatic heterocycles. The molecule has 2 atom stereocenters. The van der Waals surface area contributed by atoms with Gasteiger partial charge >= 0.3 is 0 Å². The van der Waals surface area contributed by atoms with E-state index in [1.165, 1.54) is 14.2 Å². The van der Waals surface area contributed by atoms with Crippen molar-refractivity contribution in [2.24, 2.45) is 5.92 Å². The zero-order chi connectivity index (χ0) is 12.3. The van der Waals surface area contributed by atoms with E-state index in [2.05, 4.69) is 47.1 Å². The Balaban J connectivity index is 2.03. The van der Waals surface area contributed by atoms with Gasteiger partial charge in [-0.05, 0) is 46.0 Å². The number of benzene rings is 1. The highest BCUT2D eigenvalue weighted by molar-refractivity contribution is 9.11. The minimum Gasteiger partial charge on any atom is -0.133 e. The Morgan fingerprint density at radius 2 is 1.88 bits per heavy atom. The van der Waals surface area contributed by atoms with Gasteiger partial charge in [-0.25, -0.2) is 0 Å². The van der Waals surface area contributed by atoms with E-state index in [1.54, 1.807) is 11.3 Å². The van der Waals surface area contributed by atoms with E-state index in [-0.39, 0.29) is 5.38 Å². The number of rotatable bonds is 4. The SMILES string of the molecule is CC(Cc1ccc(Br)s1)C(Cl)c1ccccc1. The molecule has 2 aromatic rings. The molecule has 17 heavy (non-hydrogen) atoms. The Bertz CT molecular complexity index is 466. The number of alkyl halides is 1. The number of halogens is 2. The summed E-state index contributed by atoms with van der Waals surface area (Å²) in [4.78, 5) is 1.38. The summed E-state index contributed by atoms with van der Waals surface area (Å²) in [5.74, 6) is 0.435. The highest BCUT2D eigenvalue weighted by Crippen LogP contribution is 2.33. The zero-order valence-electron chi connectivity index (χ0n) is 9.57. The average molecular weight is 330 g/mol. The van der Waals surface area contributed by atoms with Crippen molar-refractivity contribution in [3.8, 4) is 0 Å². The molecule has 3 heteroatoms. The van der Waals surface area contributed by atoms with Crippen LogP contribution in [-0.4, -0.2) is 0 Å². The van der Waals surface area contributed by atoms with Crippen LogP contribution in [0.4, 0.5) is 0 Å². The van der Waals surface area contributed by atoms with Gasteiger partial charge in [0, 0.05) is 4.88 Å². The van der Waals surface area contributed by atoms with Gasteiger partial charge in [-0.2, -0.15) is 0 Å². The van der Waals surface area contributed by atoms with Crippen molar-refractivity contribution in [1.82, 2.24) is 0 Å². The second-order valence-corrected chi connectivity index (χ2v) is 7.22. The van der Waals surface area contributed by atoms with Gasteiger partial charge < -0.3 is 0 Å². The molecule has 0 saturated heterocycles. The quantitative estimate of drug-likeness (QED) is 0.634. The van der Waals surface area contributed by atoms with Crippen LogP contribution in [0.3, 0.4) is 0 Å². The van der Waals surface area contributed by atoms with E-state index < -0.39 is 0 Å². The van der Waals surface area contributed by atoms with Gasteiger partial charge in [0.05, 0.1) is 9.16 Å². The maximum atomic E-state index is 6.51. The third-order valence-electron chi connectivity index (χ3n) is 2.77. The zero-order valence-corrected chi connectivity index (χ0v) is 12.7. The highest BCUT2D eigenvalue weighted by Gasteiger charge is 2.17. The molecular formula is C14H14BrClS. The summed E-state index contributed by atoms with van der Waals surface area (Å²) in [6.45, 7) is 2.21. The Hall–Kier alpha value is -0.310. The van der Waals surface area contributed by atoms with Crippen molar-refractivity contribution in [2.45, 2.75) is 18.7 Å². The molecule has 1 aromatic carbocycles. The second kappa shape index (κ2) is 6.03. The lowest BCUT2D eigenvalue weighted by Gasteiger charge is -2.17. The third-order valence-corrected chi connectivity index (χ3v) is 5.10. The smallest absolute Gasteiger partial charge is 0.0701 e. The molecule has 0 amide bonds. The van der Waals surface area contributed by atoms with Gasteiger partial charge in [0.15, 0.2) is 0 Å². The van der Waals surface area contributed by atoms with Gasteiger partial charge in [-0.1, -0.05) is 37.3 Å². The number of hydrogen-bond donors (Lipinski definition) is 0. The summed E-state index contributed by atoms with van der Waals surface area (Å²) >= 11 is 11.8. The normalized spacial score (nSPS) is 14.5.